The van der Waals surface area contributed by atoms with Crippen LogP contribution < -0.4 is 16.2 Å². The monoisotopic (exact) mass is 261 g/mol. The Labute approximate surface area is 111 Å². The van der Waals surface area contributed by atoms with Crippen LogP contribution in [0.2, 0.25) is 0 Å². The molecule has 2 fully saturated rings. The highest BCUT2D eigenvalue weighted by atomic mass is 16.1. The number of anilines is 1. The molecule has 3 N–H and O–H groups in total. The maximum Gasteiger partial charge on any atom is 0.293 e. The number of rotatable bonds is 3. The van der Waals surface area contributed by atoms with Crippen molar-refractivity contribution in [3.05, 3.63) is 22.7 Å². The number of nitrogens with one attached hydrogen (secondary N) is 1. The molecule has 3 rings (SSSR count). The second kappa shape index (κ2) is 4.68. The molecule has 6 nitrogen and oxygen atoms in total. The van der Waals surface area contributed by atoms with Gasteiger partial charge in [-0.1, -0.05) is 0 Å². The predicted molar refractivity (Wildman–Crippen MR) is 73.6 cm³/mol. The van der Waals surface area contributed by atoms with Crippen molar-refractivity contribution in [3.63, 3.8) is 0 Å². The van der Waals surface area contributed by atoms with Gasteiger partial charge in [0.15, 0.2) is 5.82 Å². The van der Waals surface area contributed by atoms with Gasteiger partial charge in [0.2, 0.25) is 0 Å². The summed E-state index contributed by atoms with van der Waals surface area (Å²) in [6.07, 6.45) is 7.51. The molecule has 0 spiro atoms. The Hall–Kier alpha value is -1.85. The largest absolute Gasteiger partial charge is 0.387 e. The van der Waals surface area contributed by atoms with Gasteiger partial charge in [0.1, 0.15) is 0 Å². The molecule has 1 unspecified atom stereocenters. The van der Waals surface area contributed by atoms with Gasteiger partial charge in [0.05, 0.1) is 5.84 Å². The molecule has 1 aliphatic carbocycles. The molecule has 1 aromatic heterocycles. The maximum absolute atomic E-state index is 12.4. The number of nitrogens with two attached hydrogens (primary N) is 1. The number of aromatic nitrogens is 2. The van der Waals surface area contributed by atoms with Gasteiger partial charge in [-0.3, -0.25) is 10.2 Å². The number of hydrogen-bond donors (Lipinski definition) is 2. The first-order valence-electron chi connectivity index (χ1n) is 6.83. The normalized spacial score (nSPS) is 23.4. The molecular weight excluding hydrogens is 242 g/mol. The second-order valence-corrected chi connectivity index (χ2v) is 5.43. The summed E-state index contributed by atoms with van der Waals surface area (Å²) in [6.45, 7) is 1.45. The van der Waals surface area contributed by atoms with Crippen molar-refractivity contribution >= 4 is 11.7 Å². The molecular formula is C13H19N5O. The minimum atomic E-state index is -0.00537. The second-order valence-electron chi connectivity index (χ2n) is 5.43. The Morgan fingerprint density at radius 1 is 1.42 bits per heavy atom. The summed E-state index contributed by atoms with van der Waals surface area (Å²) in [5, 5.41) is 7.56. The molecule has 1 saturated heterocycles. The van der Waals surface area contributed by atoms with E-state index in [4.69, 9.17) is 11.1 Å². The van der Waals surface area contributed by atoms with E-state index in [0.29, 0.717) is 18.4 Å². The van der Waals surface area contributed by atoms with E-state index in [2.05, 4.69) is 4.98 Å². The summed E-state index contributed by atoms with van der Waals surface area (Å²) in [6, 6.07) is 0.364. The smallest absolute Gasteiger partial charge is 0.293 e. The molecule has 1 aromatic rings. The Morgan fingerprint density at radius 2 is 2.21 bits per heavy atom. The number of hydrogen-bond acceptors (Lipinski definition) is 4. The fourth-order valence-corrected chi connectivity index (χ4v) is 2.69. The van der Waals surface area contributed by atoms with E-state index in [1.165, 1.54) is 0 Å². The van der Waals surface area contributed by atoms with Crippen molar-refractivity contribution in [1.82, 2.24) is 9.55 Å². The van der Waals surface area contributed by atoms with Gasteiger partial charge in [-0.05, 0) is 25.7 Å². The van der Waals surface area contributed by atoms with Crippen molar-refractivity contribution < 1.29 is 0 Å². The first kappa shape index (κ1) is 12.2. The summed E-state index contributed by atoms with van der Waals surface area (Å²) in [4.78, 5) is 18.6. The maximum atomic E-state index is 12.4. The van der Waals surface area contributed by atoms with Crippen molar-refractivity contribution in [2.45, 2.75) is 31.7 Å². The Morgan fingerprint density at radius 3 is 2.89 bits per heavy atom. The Bertz CT molecular complexity index is 548. The SMILES string of the molecule is N=C(N)C1CCCN(c2nccn(C3CC3)c2=O)C1. The topological polar surface area (TPSA) is 88.0 Å². The van der Waals surface area contributed by atoms with Gasteiger partial charge >= 0.3 is 0 Å². The van der Waals surface area contributed by atoms with E-state index in [1.54, 1.807) is 17.0 Å². The summed E-state index contributed by atoms with van der Waals surface area (Å²) >= 11 is 0. The van der Waals surface area contributed by atoms with Gasteiger partial charge in [0, 0.05) is 37.4 Å². The van der Waals surface area contributed by atoms with Crippen LogP contribution in [-0.2, 0) is 0 Å². The zero-order valence-corrected chi connectivity index (χ0v) is 10.9. The van der Waals surface area contributed by atoms with Crippen LogP contribution in [0.5, 0.6) is 0 Å². The minimum absolute atomic E-state index is 0.00537. The zero-order chi connectivity index (χ0) is 13.4. The van der Waals surface area contributed by atoms with Crippen LogP contribution in [0.3, 0.4) is 0 Å². The Kier molecular flexibility index (Phi) is 3.00. The van der Waals surface area contributed by atoms with Crippen molar-refractivity contribution in [2.75, 3.05) is 18.0 Å². The molecule has 1 atom stereocenters. The van der Waals surface area contributed by atoms with Crippen LogP contribution in [0.15, 0.2) is 17.2 Å². The quantitative estimate of drug-likeness (QED) is 0.620. The van der Waals surface area contributed by atoms with E-state index in [9.17, 15) is 4.79 Å². The van der Waals surface area contributed by atoms with Crippen LogP contribution in [0.4, 0.5) is 5.82 Å². The number of amidine groups is 1. The lowest BCUT2D eigenvalue weighted by Gasteiger charge is -2.32. The fourth-order valence-electron chi connectivity index (χ4n) is 2.69. The van der Waals surface area contributed by atoms with E-state index in [1.807, 2.05) is 4.90 Å². The average molecular weight is 261 g/mol. The third kappa shape index (κ3) is 2.34. The number of nitrogens with zero attached hydrogens (tertiary/aromatic N) is 3. The lowest BCUT2D eigenvalue weighted by Crippen LogP contribution is -2.44. The molecule has 0 radical (unpaired) electrons. The fraction of sp³-hybridized carbons (Fsp3) is 0.615. The van der Waals surface area contributed by atoms with Crippen LogP contribution in [0, 0.1) is 11.3 Å². The molecule has 2 heterocycles. The van der Waals surface area contributed by atoms with Crippen LogP contribution in [0.25, 0.3) is 0 Å². The van der Waals surface area contributed by atoms with Crippen LogP contribution in [0.1, 0.15) is 31.7 Å². The molecule has 0 amide bonds. The average Bonchev–Trinajstić information content (AvgIpc) is 3.23. The third-order valence-corrected chi connectivity index (χ3v) is 3.95. The summed E-state index contributed by atoms with van der Waals surface area (Å²) in [5.74, 6) is 0.771. The molecule has 1 saturated carbocycles. The van der Waals surface area contributed by atoms with E-state index >= 15 is 0 Å². The van der Waals surface area contributed by atoms with Crippen LogP contribution in [-0.4, -0.2) is 28.5 Å². The van der Waals surface area contributed by atoms with Crippen molar-refractivity contribution in [3.8, 4) is 0 Å². The lowest BCUT2D eigenvalue weighted by molar-refractivity contribution is 0.496. The molecule has 0 bridgehead atoms. The van der Waals surface area contributed by atoms with Gasteiger partial charge < -0.3 is 15.2 Å². The summed E-state index contributed by atoms with van der Waals surface area (Å²) in [5.41, 5.74) is 5.58. The number of piperidine rings is 1. The predicted octanol–water partition coefficient (Wildman–Crippen LogP) is 0.731. The van der Waals surface area contributed by atoms with E-state index < -0.39 is 0 Å². The standard InChI is InChI=1S/C13H19N5O/c14-11(15)9-2-1-6-17(8-9)12-13(19)18(7-5-16-12)10-3-4-10/h5,7,9-10H,1-4,6,8H2,(H3,14,15). The highest BCUT2D eigenvalue weighted by Gasteiger charge is 2.28. The lowest BCUT2D eigenvalue weighted by atomic mass is 9.97. The molecule has 0 aromatic carbocycles. The van der Waals surface area contributed by atoms with Crippen molar-refractivity contribution in [2.24, 2.45) is 11.7 Å². The van der Waals surface area contributed by atoms with Crippen LogP contribution >= 0.6 is 0 Å². The highest BCUT2D eigenvalue weighted by molar-refractivity contribution is 5.80. The van der Waals surface area contributed by atoms with Gasteiger partial charge in [0.25, 0.3) is 5.56 Å². The summed E-state index contributed by atoms with van der Waals surface area (Å²) < 4.78 is 1.79. The molecule has 102 valence electrons. The van der Waals surface area contributed by atoms with Crippen molar-refractivity contribution in [1.29, 1.82) is 5.41 Å². The van der Waals surface area contributed by atoms with E-state index in [-0.39, 0.29) is 17.3 Å². The third-order valence-electron chi connectivity index (χ3n) is 3.95. The minimum Gasteiger partial charge on any atom is -0.387 e. The molecule has 19 heavy (non-hydrogen) atoms. The Balaban J connectivity index is 1.87. The van der Waals surface area contributed by atoms with Gasteiger partial charge in [-0.2, -0.15) is 0 Å². The first-order valence-corrected chi connectivity index (χ1v) is 6.83. The molecule has 2 aliphatic rings. The van der Waals surface area contributed by atoms with E-state index in [0.717, 1.165) is 32.2 Å². The molecule has 6 heteroatoms. The summed E-state index contributed by atoms with van der Waals surface area (Å²) in [7, 11) is 0. The zero-order valence-electron chi connectivity index (χ0n) is 10.9. The van der Waals surface area contributed by atoms with Gasteiger partial charge in [-0.25, -0.2) is 4.98 Å². The first-order chi connectivity index (χ1) is 9.16. The highest BCUT2D eigenvalue weighted by Crippen LogP contribution is 2.33. The van der Waals surface area contributed by atoms with Gasteiger partial charge in [-0.15, -0.1) is 0 Å². The molecule has 1 aliphatic heterocycles.